The highest BCUT2D eigenvalue weighted by molar-refractivity contribution is 5.89. The summed E-state index contributed by atoms with van der Waals surface area (Å²) < 4.78 is 6.80. The minimum absolute atomic E-state index is 0.0602. The van der Waals surface area contributed by atoms with E-state index in [0.29, 0.717) is 23.3 Å². The smallest absolute Gasteiger partial charge is 0.338 e. The fourth-order valence-corrected chi connectivity index (χ4v) is 3.19. The Hall–Kier alpha value is -3.73. The van der Waals surface area contributed by atoms with Crippen LogP contribution in [0.15, 0.2) is 83.7 Å². The number of para-hydroxylation sites is 1. The Kier molecular flexibility index (Phi) is 4.72. The first-order valence-electron chi connectivity index (χ1n) is 9.09. The summed E-state index contributed by atoms with van der Waals surface area (Å²) in [5, 5.41) is 3.95. The van der Waals surface area contributed by atoms with E-state index >= 15 is 0 Å². The molecule has 0 spiro atoms. The van der Waals surface area contributed by atoms with Crippen molar-refractivity contribution in [2.45, 2.75) is 6.92 Å². The van der Waals surface area contributed by atoms with Gasteiger partial charge in [0.25, 0.3) is 11.1 Å². The maximum Gasteiger partial charge on any atom is 0.338 e. The lowest BCUT2D eigenvalue weighted by Gasteiger charge is -2.06. The summed E-state index contributed by atoms with van der Waals surface area (Å²) >= 11 is 0. The van der Waals surface area contributed by atoms with Gasteiger partial charge in [-0.25, -0.2) is 4.79 Å². The summed E-state index contributed by atoms with van der Waals surface area (Å²) in [6.07, 6.45) is 0. The average Bonchev–Trinajstić information content (AvgIpc) is 2.74. The number of aromatic nitrogens is 2. The standard InChI is InChI=1S/C23H18N2O3/c1-2-28-23(27)17-12-14-18(15-13-17)25-21(16-8-4-3-5-9-16)22(26)19-10-6-7-11-20(19)24-25/h3-15H,2H2,1H3/p+1. The summed E-state index contributed by atoms with van der Waals surface area (Å²) in [5.74, 6) is -0.366. The number of hydrogen-bond acceptors (Lipinski definition) is 3. The molecule has 4 aromatic rings. The van der Waals surface area contributed by atoms with Gasteiger partial charge in [0.05, 0.1) is 23.1 Å². The average molecular weight is 371 g/mol. The second-order valence-corrected chi connectivity index (χ2v) is 6.30. The summed E-state index contributed by atoms with van der Waals surface area (Å²) in [5.41, 5.74) is 3.23. The maximum absolute atomic E-state index is 13.3. The van der Waals surface area contributed by atoms with Gasteiger partial charge in [-0.3, -0.25) is 4.79 Å². The molecule has 138 valence electrons. The number of esters is 1. The van der Waals surface area contributed by atoms with Crippen molar-refractivity contribution in [3.05, 3.63) is 94.6 Å². The molecule has 0 aliphatic carbocycles. The van der Waals surface area contributed by atoms with Crippen LogP contribution in [0.2, 0.25) is 0 Å². The lowest BCUT2D eigenvalue weighted by Crippen LogP contribution is -2.42. The van der Waals surface area contributed by atoms with Crippen molar-refractivity contribution in [1.29, 1.82) is 0 Å². The molecule has 1 N–H and O–H groups in total. The van der Waals surface area contributed by atoms with Crippen molar-refractivity contribution < 1.29 is 14.2 Å². The molecule has 0 bridgehead atoms. The molecule has 0 saturated carbocycles. The largest absolute Gasteiger partial charge is 0.462 e. The fourth-order valence-electron chi connectivity index (χ4n) is 3.19. The van der Waals surface area contributed by atoms with Gasteiger partial charge >= 0.3 is 5.97 Å². The first kappa shape index (κ1) is 17.7. The van der Waals surface area contributed by atoms with Crippen LogP contribution in [0, 0.1) is 0 Å². The summed E-state index contributed by atoms with van der Waals surface area (Å²) in [6, 6.07) is 23.9. The molecule has 0 aliphatic rings. The molecule has 4 rings (SSSR count). The number of fused-ring (bicyclic) bond motifs is 1. The number of carbonyl (C=O) groups is 1. The van der Waals surface area contributed by atoms with Crippen LogP contribution in [0.25, 0.3) is 27.8 Å². The van der Waals surface area contributed by atoms with E-state index in [0.717, 1.165) is 16.8 Å². The molecule has 0 atom stereocenters. The molecule has 0 amide bonds. The molecule has 0 aliphatic heterocycles. The number of nitrogens with zero attached hydrogens (tertiary/aromatic N) is 1. The number of aromatic amines is 1. The zero-order valence-corrected chi connectivity index (χ0v) is 15.4. The molecule has 28 heavy (non-hydrogen) atoms. The number of benzene rings is 3. The fraction of sp³-hybridized carbons (Fsp3) is 0.0870. The first-order valence-corrected chi connectivity index (χ1v) is 9.09. The first-order chi connectivity index (χ1) is 13.7. The van der Waals surface area contributed by atoms with Crippen molar-refractivity contribution in [2.75, 3.05) is 6.61 Å². The Bertz CT molecular complexity index is 1200. The van der Waals surface area contributed by atoms with Gasteiger partial charge in [-0.15, -0.1) is 0 Å². The molecule has 0 fully saturated rings. The highest BCUT2D eigenvalue weighted by Gasteiger charge is 2.23. The van der Waals surface area contributed by atoms with E-state index in [1.54, 1.807) is 35.9 Å². The van der Waals surface area contributed by atoms with E-state index in [9.17, 15) is 9.59 Å². The lowest BCUT2D eigenvalue weighted by molar-refractivity contribution is -0.646. The monoisotopic (exact) mass is 371 g/mol. The molecule has 1 heterocycles. The maximum atomic E-state index is 13.3. The second kappa shape index (κ2) is 7.48. The van der Waals surface area contributed by atoms with Crippen molar-refractivity contribution in [3.63, 3.8) is 0 Å². The molecule has 5 heteroatoms. The number of hydrogen-bond donors (Lipinski definition) is 1. The molecule has 0 radical (unpaired) electrons. The van der Waals surface area contributed by atoms with Crippen LogP contribution in [-0.2, 0) is 4.74 Å². The number of ether oxygens (including phenoxy) is 1. The predicted octanol–water partition coefficient (Wildman–Crippen LogP) is 3.65. The van der Waals surface area contributed by atoms with Gasteiger partial charge in [0.15, 0.2) is 0 Å². The number of rotatable bonds is 4. The van der Waals surface area contributed by atoms with Gasteiger partial charge in [0.2, 0.25) is 5.69 Å². The summed E-state index contributed by atoms with van der Waals surface area (Å²) in [7, 11) is 0. The summed E-state index contributed by atoms with van der Waals surface area (Å²) in [4.78, 5) is 25.2. The third-order valence-corrected chi connectivity index (χ3v) is 4.53. The van der Waals surface area contributed by atoms with Crippen LogP contribution in [0.1, 0.15) is 17.3 Å². The lowest BCUT2D eigenvalue weighted by atomic mass is 10.1. The third kappa shape index (κ3) is 3.18. The van der Waals surface area contributed by atoms with Crippen molar-refractivity contribution >= 4 is 16.9 Å². The van der Waals surface area contributed by atoms with Crippen molar-refractivity contribution in [2.24, 2.45) is 0 Å². The van der Waals surface area contributed by atoms with Crippen LogP contribution in [0.3, 0.4) is 0 Å². The van der Waals surface area contributed by atoms with Gasteiger partial charge in [0, 0.05) is 12.1 Å². The molecular weight excluding hydrogens is 352 g/mol. The summed E-state index contributed by atoms with van der Waals surface area (Å²) in [6.45, 7) is 2.10. The zero-order chi connectivity index (χ0) is 19.5. The van der Waals surface area contributed by atoms with Gasteiger partial charge < -0.3 is 4.74 Å². The number of nitrogens with one attached hydrogen (secondary N) is 1. The van der Waals surface area contributed by atoms with Crippen LogP contribution >= 0.6 is 0 Å². The van der Waals surface area contributed by atoms with Gasteiger partial charge in [-0.2, -0.15) is 5.10 Å². The molecule has 0 saturated heterocycles. The van der Waals surface area contributed by atoms with Crippen LogP contribution in [0.5, 0.6) is 0 Å². The highest BCUT2D eigenvalue weighted by Crippen LogP contribution is 2.16. The van der Waals surface area contributed by atoms with E-state index in [2.05, 4.69) is 5.10 Å². The van der Waals surface area contributed by atoms with E-state index in [4.69, 9.17) is 4.74 Å². The highest BCUT2D eigenvalue weighted by atomic mass is 16.5. The Balaban J connectivity index is 1.93. The van der Waals surface area contributed by atoms with E-state index in [-0.39, 0.29) is 11.4 Å². The zero-order valence-electron chi connectivity index (χ0n) is 15.4. The van der Waals surface area contributed by atoms with Crippen LogP contribution < -0.4 is 10.1 Å². The topological polar surface area (TPSA) is 63.0 Å². The molecular formula is C23H19N2O3+. The SMILES string of the molecule is CCOC(=O)c1ccc(-[n+]2[nH]c3ccccc3c(=O)c2-c2ccccc2)cc1. The molecule has 1 aromatic heterocycles. The number of H-pyrrole nitrogens is 1. The van der Waals surface area contributed by atoms with E-state index < -0.39 is 0 Å². The Morgan fingerprint density at radius 2 is 1.61 bits per heavy atom. The van der Waals surface area contributed by atoms with Gasteiger partial charge in [0.1, 0.15) is 5.52 Å². The van der Waals surface area contributed by atoms with Crippen molar-refractivity contribution in [3.8, 4) is 16.9 Å². The predicted molar refractivity (Wildman–Crippen MR) is 107 cm³/mol. The Morgan fingerprint density at radius 1 is 0.929 bits per heavy atom. The van der Waals surface area contributed by atoms with E-state index in [1.165, 1.54) is 0 Å². The minimum Gasteiger partial charge on any atom is -0.462 e. The number of carbonyl (C=O) groups excluding carboxylic acids is 1. The third-order valence-electron chi connectivity index (χ3n) is 4.53. The van der Waals surface area contributed by atoms with Gasteiger partial charge in [-0.05, 0) is 43.3 Å². The van der Waals surface area contributed by atoms with Crippen molar-refractivity contribution in [1.82, 2.24) is 5.10 Å². The van der Waals surface area contributed by atoms with Crippen LogP contribution in [-0.4, -0.2) is 17.7 Å². The van der Waals surface area contributed by atoms with Gasteiger partial charge in [-0.1, -0.05) is 35.0 Å². The molecule has 0 unspecified atom stereocenters. The molecule has 5 nitrogen and oxygen atoms in total. The second-order valence-electron chi connectivity index (χ2n) is 6.30. The normalized spacial score (nSPS) is 10.8. The Labute approximate surface area is 161 Å². The minimum atomic E-state index is -0.366. The Morgan fingerprint density at radius 3 is 2.32 bits per heavy atom. The van der Waals surface area contributed by atoms with E-state index in [1.807, 2.05) is 54.6 Å². The molecule has 3 aromatic carbocycles. The quantitative estimate of drug-likeness (QED) is 0.440. The van der Waals surface area contributed by atoms with Crippen LogP contribution in [0.4, 0.5) is 0 Å².